The van der Waals surface area contributed by atoms with Crippen molar-refractivity contribution in [1.82, 2.24) is 10.2 Å². The SMILES string of the molecule is C[C@@H]1CN(C(=O)N[C@H]2CCS(=O)(=O)C2)C[C@@H](C)O1. The smallest absolute Gasteiger partial charge is 0.317 e. The summed E-state index contributed by atoms with van der Waals surface area (Å²) in [6.07, 6.45) is 0.558. The van der Waals surface area contributed by atoms with Gasteiger partial charge < -0.3 is 15.0 Å². The largest absolute Gasteiger partial charge is 0.372 e. The molecule has 0 spiro atoms. The molecule has 0 aromatic carbocycles. The molecule has 0 unspecified atom stereocenters. The second-order valence-corrected chi connectivity index (χ2v) is 7.44. The maximum absolute atomic E-state index is 12.0. The molecule has 0 aromatic heterocycles. The lowest BCUT2D eigenvalue weighted by Gasteiger charge is -2.35. The first-order valence-electron chi connectivity index (χ1n) is 6.27. The van der Waals surface area contributed by atoms with Crippen LogP contribution in [0, 0.1) is 0 Å². The van der Waals surface area contributed by atoms with Crippen molar-refractivity contribution in [3.8, 4) is 0 Å². The normalized spacial score (nSPS) is 35.4. The van der Waals surface area contributed by atoms with E-state index in [9.17, 15) is 13.2 Å². The fraction of sp³-hybridized carbons (Fsp3) is 0.909. The van der Waals surface area contributed by atoms with Crippen molar-refractivity contribution in [3.63, 3.8) is 0 Å². The van der Waals surface area contributed by atoms with E-state index in [0.29, 0.717) is 19.5 Å². The van der Waals surface area contributed by atoms with E-state index in [0.717, 1.165) is 0 Å². The Kier molecular flexibility index (Phi) is 3.82. The number of rotatable bonds is 1. The van der Waals surface area contributed by atoms with Crippen LogP contribution in [0.3, 0.4) is 0 Å². The molecule has 0 saturated carbocycles. The number of hydrogen-bond donors (Lipinski definition) is 1. The molecule has 2 rings (SSSR count). The lowest BCUT2D eigenvalue weighted by atomic mass is 10.2. The molecule has 6 nitrogen and oxygen atoms in total. The second-order valence-electron chi connectivity index (χ2n) is 5.21. The zero-order valence-electron chi connectivity index (χ0n) is 10.8. The van der Waals surface area contributed by atoms with Crippen LogP contribution in [0.5, 0.6) is 0 Å². The highest BCUT2D eigenvalue weighted by atomic mass is 32.2. The highest BCUT2D eigenvalue weighted by molar-refractivity contribution is 7.91. The summed E-state index contributed by atoms with van der Waals surface area (Å²) in [6, 6.07) is -0.421. The zero-order chi connectivity index (χ0) is 13.3. The Morgan fingerprint density at radius 2 is 1.89 bits per heavy atom. The van der Waals surface area contributed by atoms with Gasteiger partial charge in [-0.25, -0.2) is 13.2 Å². The highest BCUT2D eigenvalue weighted by Crippen LogP contribution is 2.14. The summed E-state index contributed by atoms with van der Waals surface area (Å²) in [7, 11) is -2.95. The Morgan fingerprint density at radius 3 is 2.39 bits per heavy atom. The van der Waals surface area contributed by atoms with E-state index in [-0.39, 0.29) is 35.8 Å². The number of urea groups is 1. The number of ether oxygens (including phenoxy) is 1. The monoisotopic (exact) mass is 276 g/mol. The van der Waals surface area contributed by atoms with Gasteiger partial charge in [0.1, 0.15) is 0 Å². The molecule has 2 fully saturated rings. The Balaban J connectivity index is 1.88. The van der Waals surface area contributed by atoms with Gasteiger partial charge in [0.05, 0.1) is 23.7 Å². The minimum absolute atomic E-state index is 0.0202. The van der Waals surface area contributed by atoms with Crippen LogP contribution in [0.15, 0.2) is 0 Å². The zero-order valence-corrected chi connectivity index (χ0v) is 11.6. The van der Waals surface area contributed by atoms with Crippen molar-refractivity contribution >= 4 is 15.9 Å². The molecule has 0 bridgehead atoms. The number of carbonyl (C=O) groups is 1. The van der Waals surface area contributed by atoms with Gasteiger partial charge >= 0.3 is 6.03 Å². The van der Waals surface area contributed by atoms with Crippen molar-refractivity contribution in [2.24, 2.45) is 0 Å². The molecule has 3 atom stereocenters. The van der Waals surface area contributed by atoms with Crippen molar-refractivity contribution < 1.29 is 17.9 Å². The molecular weight excluding hydrogens is 256 g/mol. The lowest BCUT2D eigenvalue weighted by molar-refractivity contribution is -0.0547. The summed E-state index contributed by atoms with van der Waals surface area (Å²) < 4.78 is 28.2. The fourth-order valence-electron chi connectivity index (χ4n) is 2.52. The summed E-state index contributed by atoms with van der Waals surface area (Å²) >= 11 is 0. The molecule has 7 heteroatoms. The third-order valence-electron chi connectivity index (χ3n) is 3.27. The van der Waals surface area contributed by atoms with Gasteiger partial charge in [-0.15, -0.1) is 0 Å². The van der Waals surface area contributed by atoms with Gasteiger partial charge in [-0.1, -0.05) is 0 Å². The maximum atomic E-state index is 12.0. The third kappa shape index (κ3) is 3.35. The maximum Gasteiger partial charge on any atom is 0.317 e. The minimum atomic E-state index is -2.95. The predicted octanol–water partition coefficient (Wildman–Crippen LogP) is -0.00770. The van der Waals surface area contributed by atoms with Gasteiger partial charge in [0, 0.05) is 19.1 Å². The molecule has 2 amide bonds. The van der Waals surface area contributed by atoms with Crippen LogP contribution in [-0.2, 0) is 14.6 Å². The van der Waals surface area contributed by atoms with Crippen LogP contribution >= 0.6 is 0 Å². The predicted molar refractivity (Wildman–Crippen MR) is 67.2 cm³/mol. The van der Waals surface area contributed by atoms with Crippen molar-refractivity contribution in [3.05, 3.63) is 0 Å². The van der Waals surface area contributed by atoms with E-state index < -0.39 is 9.84 Å². The molecule has 1 N–H and O–H groups in total. The standard InChI is InChI=1S/C11H20N2O4S/c1-8-5-13(6-9(2)17-8)11(14)12-10-3-4-18(15,16)7-10/h8-10H,3-7H2,1-2H3,(H,12,14)/t8-,9-,10+/m1/s1. The first-order valence-corrected chi connectivity index (χ1v) is 8.09. The Labute approximate surface area is 108 Å². The van der Waals surface area contributed by atoms with E-state index in [4.69, 9.17) is 4.74 Å². The Hall–Kier alpha value is -0.820. The number of nitrogens with one attached hydrogen (secondary N) is 1. The van der Waals surface area contributed by atoms with Crippen molar-refractivity contribution in [2.45, 2.75) is 38.5 Å². The van der Waals surface area contributed by atoms with Crippen LogP contribution in [0.1, 0.15) is 20.3 Å². The van der Waals surface area contributed by atoms with Gasteiger partial charge in [-0.3, -0.25) is 0 Å². The molecule has 0 aromatic rings. The van der Waals surface area contributed by atoms with Crippen LogP contribution < -0.4 is 5.32 Å². The average Bonchev–Trinajstić information content (AvgIpc) is 2.56. The summed E-state index contributed by atoms with van der Waals surface area (Å²) in [5, 5.41) is 2.80. The molecule has 18 heavy (non-hydrogen) atoms. The van der Waals surface area contributed by atoms with Crippen molar-refractivity contribution in [1.29, 1.82) is 0 Å². The van der Waals surface area contributed by atoms with E-state index in [1.54, 1.807) is 4.90 Å². The second kappa shape index (κ2) is 5.05. The fourth-order valence-corrected chi connectivity index (χ4v) is 4.19. The number of amides is 2. The Bertz CT molecular complexity index is 413. The summed E-state index contributed by atoms with van der Waals surface area (Å²) in [6.45, 7) is 4.96. The van der Waals surface area contributed by atoms with Gasteiger partial charge in [0.2, 0.25) is 0 Å². The van der Waals surface area contributed by atoms with Crippen molar-refractivity contribution in [2.75, 3.05) is 24.6 Å². The van der Waals surface area contributed by atoms with E-state index >= 15 is 0 Å². The molecular formula is C11H20N2O4S. The highest BCUT2D eigenvalue weighted by Gasteiger charge is 2.32. The van der Waals surface area contributed by atoms with Crippen LogP contribution in [-0.4, -0.2) is 62.2 Å². The molecule has 2 heterocycles. The molecule has 2 aliphatic heterocycles. The molecule has 2 saturated heterocycles. The quantitative estimate of drug-likeness (QED) is 0.731. The lowest BCUT2D eigenvalue weighted by Crippen LogP contribution is -2.53. The van der Waals surface area contributed by atoms with E-state index in [1.165, 1.54) is 0 Å². The Morgan fingerprint density at radius 1 is 1.28 bits per heavy atom. The topological polar surface area (TPSA) is 75.7 Å². The third-order valence-corrected chi connectivity index (χ3v) is 5.03. The number of hydrogen-bond acceptors (Lipinski definition) is 4. The van der Waals surface area contributed by atoms with Gasteiger partial charge in [-0.2, -0.15) is 0 Å². The van der Waals surface area contributed by atoms with E-state index in [2.05, 4.69) is 5.32 Å². The summed E-state index contributed by atoms with van der Waals surface area (Å²) in [5.41, 5.74) is 0. The van der Waals surface area contributed by atoms with Crippen LogP contribution in [0.25, 0.3) is 0 Å². The summed E-state index contributed by atoms with van der Waals surface area (Å²) in [4.78, 5) is 13.7. The molecule has 0 radical (unpaired) electrons. The van der Waals surface area contributed by atoms with Gasteiger partial charge in [0.15, 0.2) is 9.84 Å². The van der Waals surface area contributed by atoms with Gasteiger partial charge in [0.25, 0.3) is 0 Å². The first-order chi connectivity index (χ1) is 8.35. The number of carbonyl (C=O) groups excluding carboxylic acids is 1. The van der Waals surface area contributed by atoms with Crippen LogP contribution in [0.2, 0.25) is 0 Å². The number of sulfone groups is 1. The number of nitrogens with zero attached hydrogens (tertiary/aromatic N) is 1. The molecule has 0 aliphatic carbocycles. The minimum Gasteiger partial charge on any atom is -0.372 e. The first kappa shape index (κ1) is 13.6. The molecule has 2 aliphatic rings. The molecule has 104 valence electrons. The average molecular weight is 276 g/mol. The number of morpholine rings is 1. The van der Waals surface area contributed by atoms with E-state index in [1.807, 2.05) is 13.8 Å². The van der Waals surface area contributed by atoms with Crippen LogP contribution in [0.4, 0.5) is 4.79 Å². The summed E-state index contributed by atoms with van der Waals surface area (Å²) in [5.74, 6) is 0.238. The van der Waals surface area contributed by atoms with Gasteiger partial charge in [-0.05, 0) is 20.3 Å².